The van der Waals surface area contributed by atoms with Crippen LogP contribution in [0.5, 0.6) is 0 Å². The van der Waals surface area contributed by atoms with Crippen molar-refractivity contribution in [1.29, 1.82) is 0 Å². The van der Waals surface area contributed by atoms with E-state index in [9.17, 15) is 8.42 Å². The summed E-state index contributed by atoms with van der Waals surface area (Å²) in [7, 11) is -3.34. The van der Waals surface area contributed by atoms with Crippen LogP contribution < -0.4 is 5.73 Å². The predicted molar refractivity (Wildman–Crippen MR) is 113 cm³/mol. The third-order valence-electron chi connectivity index (χ3n) is 5.73. The molecule has 2 aromatic rings. The molecule has 2 bridgehead atoms. The van der Waals surface area contributed by atoms with Crippen molar-refractivity contribution in [3.8, 4) is 0 Å². The molecule has 2 aliphatic carbocycles. The van der Waals surface area contributed by atoms with Gasteiger partial charge in [-0.25, -0.2) is 0 Å². The van der Waals surface area contributed by atoms with Gasteiger partial charge in [0.2, 0.25) is 0 Å². The van der Waals surface area contributed by atoms with E-state index in [-0.39, 0.29) is 6.61 Å². The van der Waals surface area contributed by atoms with Gasteiger partial charge in [-0.15, -0.1) is 0 Å². The van der Waals surface area contributed by atoms with Crippen molar-refractivity contribution >= 4 is 38.3 Å². The van der Waals surface area contributed by atoms with Gasteiger partial charge < -0.3 is 5.73 Å². The first-order valence-electron chi connectivity index (χ1n) is 9.71. The summed E-state index contributed by atoms with van der Waals surface area (Å²) >= 11 is 6.13. The number of pyridine rings is 1. The molecule has 5 nitrogen and oxygen atoms in total. The summed E-state index contributed by atoms with van der Waals surface area (Å²) in [4.78, 5) is 4.89. The molecule has 0 amide bonds. The smallest absolute Gasteiger partial charge is 0.264 e. The van der Waals surface area contributed by atoms with E-state index in [0.29, 0.717) is 16.9 Å². The lowest BCUT2D eigenvalue weighted by Gasteiger charge is -2.36. The molecule has 1 heterocycles. The molecule has 0 saturated carbocycles. The van der Waals surface area contributed by atoms with Crippen molar-refractivity contribution in [2.75, 3.05) is 18.6 Å². The second-order valence-electron chi connectivity index (χ2n) is 7.96. The molecule has 2 unspecified atom stereocenters. The van der Waals surface area contributed by atoms with Crippen LogP contribution in [0.15, 0.2) is 29.8 Å². The molecule has 2 atom stereocenters. The Balaban J connectivity index is 1.49. The molecule has 0 radical (unpaired) electrons. The van der Waals surface area contributed by atoms with Gasteiger partial charge in [0.05, 0.1) is 18.4 Å². The molecule has 0 aliphatic heterocycles. The lowest BCUT2D eigenvalue weighted by Crippen LogP contribution is -2.24. The van der Waals surface area contributed by atoms with Crippen LogP contribution in [0.4, 0.5) is 5.69 Å². The van der Waals surface area contributed by atoms with Gasteiger partial charge in [0.1, 0.15) is 0 Å². The Morgan fingerprint density at radius 1 is 1.29 bits per heavy atom. The lowest BCUT2D eigenvalue weighted by molar-refractivity contribution is 0.311. The minimum absolute atomic E-state index is 0.257. The molecule has 7 heteroatoms. The number of allylic oxidation sites excluding steroid dienone is 2. The maximum Gasteiger partial charge on any atom is 0.264 e. The normalized spacial score (nSPS) is 21.4. The Hall–Kier alpha value is -1.63. The Bertz CT molecular complexity index is 1050. The molecule has 1 aromatic carbocycles. The number of hydrogen-bond acceptors (Lipinski definition) is 5. The zero-order valence-electron chi connectivity index (χ0n) is 15.9. The van der Waals surface area contributed by atoms with Gasteiger partial charge in [-0.1, -0.05) is 23.3 Å². The minimum Gasteiger partial charge on any atom is -0.398 e. The van der Waals surface area contributed by atoms with Crippen LogP contribution in [-0.4, -0.2) is 26.3 Å². The van der Waals surface area contributed by atoms with E-state index in [1.807, 2.05) is 18.2 Å². The van der Waals surface area contributed by atoms with Crippen molar-refractivity contribution < 1.29 is 12.6 Å². The first-order chi connectivity index (χ1) is 13.3. The summed E-state index contributed by atoms with van der Waals surface area (Å²) in [5.74, 6) is 0.908. The summed E-state index contributed by atoms with van der Waals surface area (Å²) in [5, 5.41) is 1.66. The number of nitrogens with zero attached hydrogens (tertiary/aromatic N) is 1. The third-order valence-corrected chi connectivity index (χ3v) is 6.56. The minimum atomic E-state index is -3.34. The highest BCUT2D eigenvalue weighted by Crippen LogP contribution is 2.47. The van der Waals surface area contributed by atoms with E-state index < -0.39 is 10.1 Å². The Morgan fingerprint density at radius 3 is 2.89 bits per heavy atom. The van der Waals surface area contributed by atoms with E-state index in [1.165, 1.54) is 11.1 Å². The van der Waals surface area contributed by atoms with Gasteiger partial charge in [0, 0.05) is 27.4 Å². The van der Waals surface area contributed by atoms with E-state index in [4.69, 9.17) is 26.5 Å². The fourth-order valence-corrected chi connectivity index (χ4v) is 5.22. The van der Waals surface area contributed by atoms with Crippen molar-refractivity contribution in [1.82, 2.24) is 4.98 Å². The van der Waals surface area contributed by atoms with E-state index >= 15 is 0 Å². The summed E-state index contributed by atoms with van der Waals surface area (Å²) in [6.45, 7) is 0.257. The van der Waals surface area contributed by atoms with Crippen LogP contribution in [0.25, 0.3) is 10.9 Å². The summed E-state index contributed by atoms with van der Waals surface area (Å²) < 4.78 is 26.9. The van der Waals surface area contributed by atoms with Crippen LogP contribution >= 0.6 is 11.6 Å². The standard InChI is InChI=1S/C21H25ClN2O3S/c1-28(25,26)27-7-3-2-4-13-8-14-10-15(9-13)20-19(11-14)24-18-12-16(22)5-6-17(18)21(20)23/h5-6,8,12,14-15H,2-4,7,9-11H2,1H3,(H2,23,24). The molecular weight excluding hydrogens is 396 g/mol. The number of aromatic nitrogens is 1. The molecule has 28 heavy (non-hydrogen) atoms. The largest absolute Gasteiger partial charge is 0.398 e. The Morgan fingerprint density at radius 2 is 2.11 bits per heavy atom. The second-order valence-corrected chi connectivity index (χ2v) is 10.0. The average Bonchev–Trinajstić information content (AvgIpc) is 2.59. The zero-order chi connectivity index (χ0) is 19.9. The fraction of sp³-hybridized carbons (Fsp3) is 0.476. The molecule has 2 aliphatic rings. The van der Waals surface area contributed by atoms with Gasteiger partial charge in [0.25, 0.3) is 10.1 Å². The monoisotopic (exact) mass is 420 g/mol. The molecular formula is C21H25ClN2O3S. The van der Waals surface area contributed by atoms with E-state index in [0.717, 1.165) is 67.1 Å². The number of benzene rings is 1. The number of nitrogen functional groups attached to an aromatic ring is 1. The highest BCUT2D eigenvalue weighted by atomic mass is 35.5. The van der Waals surface area contributed by atoms with E-state index in [1.54, 1.807) is 0 Å². The average molecular weight is 421 g/mol. The first-order valence-corrected chi connectivity index (χ1v) is 11.9. The fourth-order valence-electron chi connectivity index (χ4n) is 4.64. The van der Waals surface area contributed by atoms with Crippen LogP contribution in [0, 0.1) is 5.92 Å². The van der Waals surface area contributed by atoms with Crippen LogP contribution in [0.3, 0.4) is 0 Å². The quantitative estimate of drug-likeness (QED) is 0.419. The summed E-state index contributed by atoms with van der Waals surface area (Å²) in [6, 6.07) is 5.72. The SMILES string of the molecule is CS(=O)(=O)OCCCCC1=CC2Cc3nc4cc(Cl)ccc4c(N)c3C(C1)C2. The number of anilines is 1. The molecule has 0 fully saturated rings. The zero-order valence-corrected chi connectivity index (χ0v) is 17.5. The topological polar surface area (TPSA) is 82.3 Å². The molecule has 150 valence electrons. The van der Waals surface area contributed by atoms with Crippen molar-refractivity contribution in [2.24, 2.45) is 5.92 Å². The van der Waals surface area contributed by atoms with Crippen LogP contribution in [0.1, 0.15) is 49.3 Å². The number of hydrogen-bond donors (Lipinski definition) is 1. The number of halogens is 1. The molecule has 0 saturated heterocycles. The number of unbranched alkanes of at least 4 members (excludes halogenated alkanes) is 1. The van der Waals surface area contributed by atoms with Crippen molar-refractivity contribution in [3.63, 3.8) is 0 Å². The number of nitrogens with two attached hydrogens (primary N) is 1. The first kappa shape index (κ1) is 19.7. The van der Waals surface area contributed by atoms with Gasteiger partial charge in [-0.05, 0) is 68.6 Å². The number of fused-ring (bicyclic) bond motifs is 5. The third kappa shape index (κ3) is 4.19. The second kappa shape index (κ2) is 7.65. The van der Waals surface area contributed by atoms with Crippen molar-refractivity contribution in [3.05, 3.63) is 46.1 Å². The predicted octanol–water partition coefficient (Wildman–Crippen LogP) is 4.59. The van der Waals surface area contributed by atoms with Crippen LogP contribution in [-0.2, 0) is 20.7 Å². The maximum atomic E-state index is 11.0. The maximum absolute atomic E-state index is 11.0. The molecule has 4 rings (SSSR count). The summed E-state index contributed by atoms with van der Waals surface area (Å²) in [5.41, 5.74) is 12.1. The van der Waals surface area contributed by atoms with Gasteiger partial charge in [-0.2, -0.15) is 8.42 Å². The highest BCUT2D eigenvalue weighted by Gasteiger charge is 2.33. The van der Waals surface area contributed by atoms with Gasteiger partial charge in [0.15, 0.2) is 0 Å². The van der Waals surface area contributed by atoms with Gasteiger partial charge >= 0.3 is 0 Å². The van der Waals surface area contributed by atoms with Gasteiger partial charge in [-0.3, -0.25) is 9.17 Å². The van der Waals surface area contributed by atoms with Crippen LogP contribution in [0.2, 0.25) is 5.02 Å². The number of rotatable bonds is 6. The lowest BCUT2D eigenvalue weighted by atomic mass is 9.70. The Kier molecular flexibility index (Phi) is 5.38. The molecule has 0 spiro atoms. The molecule has 1 aromatic heterocycles. The van der Waals surface area contributed by atoms with E-state index in [2.05, 4.69) is 6.08 Å². The Labute approximate surface area is 171 Å². The summed E-state index contributed by atoms with van der Waals surface area (Å²) in [6.07, 6.45) is 9.18. The molecule has 2 N–H and O–H groups in total. The van der Waals surface area contributed by atoms with Crippen molar-refractivity contribution in [2.45, 2.75) is 44.4 Å². The highest BCUT2D eigenvalue weighted by molar-refractivity contribution is 7.85.